The van der Waals surface area contributed by atoms with E-state index in [2.05, 4.69) is 10.6 Å². The predicted molar refractivity (Wildman–Crippen MR) is 93.3 cm³/mol. The second-order valence-corrected chi connectivity index (χ2v) is 6.91. The molecule has 1 aliphatic carbocycles. The normalized spacial score (nSPS) is 20.2. The Kier molecular flexibility index (Phi) is 4.54. The van der Waals surface area contributed by atoms with Crippen LogP contribution < -0.4 is 10.6 Å². The Morgan fingerprint density at radius 2 is 1.85 bits per heavy atom. The summed E-state index contributed by atoms with van der Waals surface area (Å²) < 4.78 is 5.17. The van der Waals surface area contributed by atoms with Crippen LogP contribution in [0.5, 0.6) is 0 Å². The van der Waals surface area contributed by atoms with Gasteiger partial charge in [0.1, 0.15) is 5.76 Å². The Morgan fingerprint density at radius 3 is 2.46 bits per heavy atom. The first-order valence-electron chi connectivity index (χ1n) is 8.25. The zero-order chi connectivity index (χ0) is 18.9. The van der Waals surface area contributed by atoms with Crippen molar-refractivity contribution < 1.29 is 23.9 Å². The second-order valence-electron chi connectivity index (χ2n) is 6.91. The summed E-state index contributed by atoms with van der Waals surface area (Å²) in [5.74, 6) is -2.47. The topological polar surface area (TPSA) is 109 Å². The maximum absolute atomic E-state index is 12.5. The lowest BCUT2D eigenvalue weighted by Crippen LogP contribution is -2.25. The van der Waals surface area contributed by atoms with Crippen LogP contribution in [0.2, 0.25) is 0 Å². The van der Waals surface area contributed by atoms with Crippen molar-refractivity contribution in [2.45, 2.75) is 20.4 Å². The van der Waals surface area contributed by atoms with E-state index in [9.17, 15) is 19.5 Å². The number of anilines is 1. The van der Waals surface area contributed by atoms with E-state index in [1.807, 2.05) is 0 Å². The molecule has 0 aliphatic heterocycles. The molecule has 7 heteroatoms. The minimum absolute atomic E-state index is 0.227. The summed E-state index contributed by atoms with van der Waals surface area (Å²) in [6, 6.07) is 10.1. The van der Waals surface area contributed by atoms with E-state index in [4.69, 9.17) is 4.42 Å². The number of furan rings is 1. The molecule has 0 bridgehead atoms. The highest BCUT2D eigenvalue weighted by Crippen LogP contribution is 2.58. The summed E-state index contributed by atoms with van der Waals surface area (Å²) in [6.07, 6.45) is 1.52. The fraction of sp³-hybridized carbons (Fsp3) is 0.316. The fourth-order valence-corrected chi connectivity index (χ4v) is 3.26. The van der Waals surface area contributed by atoms with Crippen LogP contribution in [-0.2, 0) is 16.1 Å². The average Bonchev–Trinajstić information content (AvgIpc) is 2.94. The molecule has 1 aromatic heterocycles. The van der Waals surface area contributed by atoms with Crippen molar-refractivity contribution in [3.8, 4) is 0 Å². The van der Waals surface area contributed by atoms with Crippen LogP contribution in [0, 0.1) is 17.3 Å². The molecular formula is C19H20N2O5. The third kappa shape index (κ3) is 3.33. The van der Waals surface area contributed by atoms with Gasteiger partial charge in [0.2, 0.25) is 5.91 Å². The van der Waals surface area contributed by atoms with Crippen molar-refractivity contribution in [1.29, 1.82) is 0 Å². The Hall–Kier alpha value is -3.09. The highest BCUT2D eigenvalue weighted by atomic mass is 16.4. The average molecular weight is 356 g/mol. The quantitative estimate of drug-likeness (QED) is 0.737. The van der Waals surface area contributed by atoms with Crippen LogP contribution in [0.1, 0.15) is 30.0 Å². The zero-order valence-electron chi connectivity index (χ0n) is 14.5. The zero-order valence-corrected chi connectivity index (χ0v) is 14.5. The Balaban J connectivity index is 1.70. The van der Waals surface area contributed by atoms with Gasteiger partial charge in [0.05, 0.1) is 35.9 Å². The van der Waals surface area contributed by atoms with E-state index in [0.29, 0.717) is 17.0 Å². The number of carbonyl (C=O) groups is 3. The molecule has 0 spiro atoms. The van der Waals surface area contributed by atoms with E-state index in [-0.39, 0.29) is 12.5 Å². The summed E-state index contributed by atoms with van der Waals surface area (Å²) in [5.41, 5.74) is 0.0471. The van der Waals surface area contributed by atoms with Crippen molar-refractivity contribution in [3.05, 3.63) is 54.0 Å². The molecule has 3 rings (SSSR count). The number of amides is 2. The minimum atomic E-state index is -0.986. The highest BCUT2D eigenvalue weighted by molar-refractivity contribution is 6.06. The molecule has 26 heavy (non-hydrogen) atoms. The first kappa shape index (κ1) is 17.7. The smallest absolute Gasteiger partial charge is 0.307 e. The summed E-state index contributed by atoms with van der Waals surface area (Å²) in [4.78, 5) is 36.2. The molecule has 1 aromatic carbocycles. The summed E-state index contributed by atoms with van der Waals surface area (Å²) >= 11 is 0. The Labute approximate surface area is 150 Å². The van der Waals surface area contributed by atoms with Crippen molar-refractivity contribution in [2.75, 3.05) is 5.32 Å². The number of aliphatic carboxylic acids is 1. The van der Waals surface area contributed by atoms with Gasteiger partial charge in [0.15, 0.2) is 0 Å². The molecule has 0 radical (unpaired) electrons. The third-order valence-corrected chi connectivity index (χ3v) is 4.81. The molecule has 2 amide bonds. The Bertz CT molecular complexity index is 841. The molecule has 2 aromatic rings. The van der Waals surface area contributed by atoms with Gasteiger partial charge in [-0.15, -0.1) is 0 Å². The third-order valence-electron chi connectivity index (χ3n) is 4.81. The van der Waals surface area contributed by atoms with E-state index >= 15 is 0 Å². The van der Waals surface area contributed by atoms with E-state index < -0.39 is 29.1 Å². The number of carbonyl (C=O) groups excluding carboxylic acids is 2. The standard InChI is InChI=1S/C19H20N2O5/c1-19(2)14(15(19)18(24)25)17(23)21-13-8-4-3-7-12(13)16(22)20-10-11-6-5-9-26-11/h3-9,14-15H,10H2,1-2H3,(H,20,22)(H,21,23)(H,24,25). The number of hydrogen-bond donors (Lipinski definition) is 3. The van der Waals surface area contributed by atoms with E-state index in [1.54, 1.807) is 50.2 Å². The summed E-state index contributed by atoms with van der Waals surface area (Å²) in [6.45, 7) is 3.72. The van der Waals surface area contributed by atoms with Crippen LogP contribution in [0.4, 0.5) is 5.69 Å². The number of rotatable bonds is 6. The number of nitrogens with one attached hydrogen (secondary N) is 2. The second kappa shape index (κ2) is 6.67. The van der Waals surface area contributed by atoms with Crippen molar-refractivity contribution in [2.24, 2.45) is 17.3 Å². The first-order valence-corrected chi connectivity index (χ1v) is 8.25. The lowest BCUT2D eigenvalue weighted by Gasteiger charge is -2.11. The molecule has 1 saturated carbocycles. The first-order chi connectivity index (χ1) is 12.3. The predicted octanol–water partition coefficient (Wildman–Crippen LogP) is 2.50. The molecule has 1 fully saturated rings. The lowest BCUT2D eigenvalue weighted by atomic mass is 10.1. The number of hydrogen-bond acceptors (Lipinski definition) is 4. The van der Waals surface area contributed by atoms with Gasteiger partial charge in [-0.05, 0) is 29.7 Å². The molecule has 136 valence electrons. The number of carboxylic acid groups (broad SMARTS) is 1. The van der Waals surface area contributed by atoms with Gasteiger partial charge in [-0.2, -0.15) is 0 Å². The molecule has 2 unspecified atom stereocenters. The fourth-order valence-electron chi connectivity index (χ4n) is 3.26. The van der Waals surface area contributed by atoms with Gasteiger partial charge in [-0.25, -0.2) is 0 Å². The summed E-state index contributed by atoms with van der Waals surface area (Å²) in [5, 5.41) is 14.7. The molecule has 2 atom stereocenters. The largest absolute Gasteiger partial charge is 0.481 e. The SMILES string of the molecule is CC1(C)C(C(=O)O)C1C(=O)Nc1ccccc1C(=O)NCc1ccco1. The Morgan fingerprint density at radius 1 is 1.12 bits per heavy atom. The van der Waals surface area contributed by atoms with Crippen molar-refractivity contribution in [1.82, 2.24) is 5.32 Å². The van der Waals surface area contributed by atoms with E-state index in [1.165, 1.54) is 6.26 Å². The minimum Gasteiger partial charge on any atom is -0.481 e. The van der Waals surface area contributed by atoms with Crippen LogP contribution in [-0.4, -0.2) is 22.9 Å². The summed E-state index contributed by atoms with van der Waals surface area (Å²) in [7, 11) is 0. The van der Waals surface area contributed by atoms with Crippen molar-refractivity contribution >= 4 is 23.5 Å². The lowest BCUT2D eigenvalue weighted by molar-refractivity contribution is -0.140. The van der Waals surface area contributed by atoms with Crippen LogP contribution in [0.25, 0.3) is 0 Å². The van der Waals surface area contributed by atoms with Gasteiger partial charge >= 0.3 is 5.97 Å². The van der Waals surface area contributed by atoms with Gasteiger partial charge < -0.3 is 20.2 Å². The number of benzene rings is 1. The molecule has 1 heterocycles. The van der Waals surface area contributed by atoms with E-state index in [0.717, 1.165) is 0 Å². The van der Waals surface area contributed by atoms with Gasteiger partial charge in [-0.3, -0.25) is 14.4 Å². The van der Waals surface area contributed by atoms with Gasteiger partial charge in [0, 0.05) is 0 Å². The maximum Gasteiger partial charge on any atom is 0.307 e. The number of carboxylic acids is 1. The molecule has 0 saturated heterocycles. The van der Waals surface area contributed by atoms with Crippen LogP contribution >= 0.6 is 0 Å². The van der Waals surface area contributed by atoms with Crippen LogP contribution in [0.15, 0.2) is 47.1 Å². The molecule has 3 N–H and O–H groups in total. The van der Waals surface area contributed by atoms with Crippen LogP contribution in [0.3, 0.4) is 0 Å². The molecule has 7 nitrogen and oxygen atoms in total. The van der Waals surface area contributed by atoms with Crippen molar-refractivity contribution in [3.63, 3.8) is 0 Å². The molecular weight excluding hydrogens is 336 g/mol. The molecule has 1 aliphatic rings. The highest BCUT2D eigenvalue weighted by Gasteiger charge is 2.65. The maximum atomic E-state index is 12.5. The number of para-hydroxylation sites is 1. The monoisotopic (exact) mass is 356 g/mol. The van der Waals surface area contributed by atoms with Gasteiger partial charge in [0.25, 0.3) is 5.91 Å². The van der Waals surface area contributed by atoms with Gasteiger partial charge in [-0.1, -0.05) is 26.0 Å².